The summed E-state index contributed by atoms with van der Waals surface area (Å²) in [5.74, 6) is 1.22. The summed E-state index contributed by atoms with van der Waals surface area (Å²) in [7, 11) is 0. The summed E-state index contributed by atoms with van der Waals surface area (Å²) in [5, 5.41) is 0.983. The normalized spacial score (nSPS) is 23.2. The average molecular weight is 502 g/mol. The number of aromatic nitrogens is 2. The van der Waals surface area contributed by atoms with Gasteiger partial charge in [-0.2, -0.15) is 0 Å². The van der Waals surface area contributed by atoms with Gasteiger partial charge in [0.15, 0.2) is 6.29 Å². The van der Waals surface area contributed by atoms with Crippen molar-refractivity contribution >= 4 is 23.0 Å². The van der Waals surface area contributed by atoms with Gasteiger partial charge in [-0.25, -0.2) is 4.98 Å². The Kier molecular flexibility index (Phi) is 5.91. The summed E-state index contributed by atoms with van der Waals surface area (Å²) in [6, 6.07) is 11.3. The number of carbonyl (C=O) groups excluding carboxylic acids is 1. The fourth-order valence-corrected chi connectivity index (χ4v) is 6.76. The van der Waals surface area contributed by atoms with Crippen LogP contribution in [0, 0.1) is 5.41 Å². The van der Waals surface area contributed by atoms with Crippen molar-refractivity contribution in [3.63, 3.8) is 0 Å². The molecule has 5 heterocycles. The van der Waals surface area contributed by atoms with Crippen LogP contribution in [0.3, 0.4) is 0 Å². The van der Waals surface area contributed by atoms with Gasteiger partial charge in [0.1, 0.15) is 17.1 Å². The summed E-state index contributed by atoms with van der Waals surface area (Å²) in [6.07, 6.45) is 9.59. The van der Waals surface area contributed by atoms with Crippen molar-refractivity contribution in [1.29, 1.82) is 0 Å². The maximum Gasteiger partial charge on any atom is 0.153 e. The number of nitrogens with zero attached hydrogens (tertiary/aromatic N) is 4. The number of fused-ring (bicyclic) bond motifs is 1. The Morgan fingerprint density at radius 1 is 0.973 bits per heavy atom. The van der Waals surface area contributed by atoms with Crippen LogP contribution >= 0.6 is 0 Å². The predicted molar refractivity (Wildman–Crippen MR) is 143 cm³/mol. The van der Waals surface area contributed by atoms with E-state index >= 15 is 0 Å². The quantitative estimate of drug-likeness (QED) is 0.513. The number of benzene rings is 1. The Bertz CT molecular complexity index is 1260. The molecule has 3 aromatic rings. The molecular formula is C29H35N5O3. The van der Waals surface area contributed by atoms with Gasteiger partial charge in [0, 0.05) is 68.6 Å². The van der Waals surface area contributed by atoms with Crippen LogP contribution < -0.4 is 9.64 Å². The molecule has 4 fully saturated rings. The van der Waals surface area contributed by atoms with Crippen molar-refractivity contribution in [1.82, 2.24) is 19.8 Å². The number of ether oxygens (including phenoxy) is 2. The number of pyridine rings is 1. The Balaban J connectivity index is 0.959. The minimum atomic E-state index is 0.514. The molecule has 3 saturated heterocycles. The lowest BCUT2D eigenvalue weighted by atomic mass is 9.60. The van der Waals surface area contributed by atoms with Crippen molar-refractivity contribution < 1.29 is 14.3 Å². The smallest absolute Gasteiger partial charge is 0.153 e. The minimum Gasteiger partial charge on any atom is -0.455 e. The third-order valence-corrected chi connectivity index (χ3v) is 9.26. The SMILES string of the molecule is O=Cc1ccc(N2CCC3(CC2)CC(N2CCN(C4COC4)CC2)C3)cc1Oc1cnc2[nH]ccc2c1. The van der Waals surface area contributed by atoms with Crippen molar-refractivity contribution in [3.05, 3.63) is 48.3 Å². The number of hydrogen-bond acceptors (Lipinski definition) is 7. The predicted octanol–water partition coefficient (Wildman–Crippen LogP) is 3.93. The van der Waals surface area contributed by atoms with Crippen LogP contribution in [0.2, 0.25) is 0 Å². The first-order valence-electron chi connectivity index (χ1n) is 13.7. The molecule has 0 unspecified atom stereocenters. The highest BCUT2D eigenvalue weighted by molar-refractivity contribution is 5.81. The molecule has 37 heavy (non-hydrogen) atoms. The van der Waals surface area contributed by atoms with Crippen LogP contribution in [0.4, 0.5) is 5.69 Å². The van der Waals surface area contributed by atoms with Crippen LogP contribution in [-0.4, -0.2) is 90.6 Å². The molecule has 3 aliphatic heterocycles. The first kappa shape index (κ1) is 23.2. The third kappa shape index (κ3) is 4.41. The van der Waals surface area contributed by atoms with Crippen molar-refractivity contribution in [2.24, 2.45) is 5.41 Å². The lowest BCUT2D eigenvalue weighted by Crippen LogP contribution is -2.61. The van der Waals surface area contributed by atoms with Crippen LogP contribution in [0.15, 0.2) is 42.7 Å². The number of anilines is 1. The molecule has 0 radical (unpaired) electrons. The number of piperazine rings is 1. The molecule has 7 rings (SSSR count). The zero-order valence-electron chi connectivity index (χ0n) is 21.3. The first-order valence-corrected chi connectivity index (χ1v) is 13.7. The number of H-pyrrole nitrogens is 1. The largest absolute Gasteiger partial charge is 0.455 e. The van der Waals surface area contributed by atoms with Gasteiger partial charge in [0.25, 0.3) is 0 Å². The molecular weight excluding hydrogens is 466 g/mol. The topological polar surface area (TPSA) is 73.9 Å². The van der Waals surface area contributed by atoms with Gasteiger partial charge in [-0.3, -0.25) is 14.6 Å². The second-order valence-electron chi connectivity index (χ2n) is 11.3. The highest BCUT2D eigenvalue weighted by Crippen LogP contribution is 2.51. The molecule has 2 aromatic heterocycles. The van der Waals surface area contributed by atoms with Gasteiger partial charge in [-0.1, -0.05) is 0 Å². The number of nitrogens with one attached hydrogen (secondary N) is 1. The standard InChI is InChI=1S/C29H35N5O3/c35-18-22-1-2-23(14-27(22)37-26-13-21-3-6-30-28(21)31-17-26)32-7-4-29(5-8-32)15-24(16-29)33-9-11-34(12-10-33)25-19-36-20-25/h1-3,6,13-14,17-18,24-25H,4-5,7-12,15-16,19-20H2,(H,30,31). The zero-order valence-corrected chi connectivity index (χ0v) is 21.3. The number of aldehydes is 1. The molecule has 1 spiro atoms. The fraction of sp³-hybridized carbons (Fsp3) is 0.517. The van der Waals surface area contributed by atoms with E-state index < -0.39 is 0 Å². The van der Waals surface area contributed by atoms with E-state index in [0.29, 0.717) is 28.5 Å². The van der Waals surface area contributed by atoms with Gasteiger partial charge in [0.2, 0.25) is 0 Å². The van der Waals surface area contributed by atoms with E-state index in [1.807, 2.05) is 30.5 Å². The number of hydrogen-bond donors (Lipinski definition) is 1. The van der Waals surface area contributed by atoms with E-state index in [1.165, 1.54) is 51.9 Å². The maximum atomic E-state index is 11.7. The molecule has 1 aliphatic carbocycles. The van der Waals surface area contributed by atoms with Crippen LogP contribution in [-0.2, 0) is 4.74 Å². The molecule has 0 atom stereocenters. The lowest BCUT2D eigenvalue weighted by Gasteiger charge is -2.57. The van der Waals surface area contributed by atoms with E-state index in [4.69, 9.17) is 9.47 Å². The van der Waals surface area contributed by atoms with Crippen molar-refractivity contribution in [2.75, 3.05) is 57.4 Å². The Hall–Kier alpha value is -2.94. The Morgan fingerprint density at radius 3 is 2.43 bits per heavy atom. The highest BCUT2D eigenvalue weighted by atomic mass is 16.5. The monoisotopic (exact) mass is 501 g/mol. The maximum absolute atomic E-state index is 11.7. The highest BCUT2D eigenvalue weighted by Gasteiger charge is 2.48. The van der Waals surface area contributed by atoms with Gasteiger partial charge in [-0.15, -0.1) is 0 Å². The summed E-state index contributed by atoms with van der Waals surface area (Å²) < 4.78 is 11.5. The van der Waals surface area contributed by atoms with E-state index in [-0.39, 0.29) is 0 Å². The molecule has 4 aliphatic rings. The van der Waals surface area contributed by atoms with Crippen LogP contribution in [0.5, 0.6) is 11.5 Å². The van der Waals surface area contributed by atoms with E-state index in [0.717, 1.165) is 55.4 Å². The molecule has 8 heteroatoms. The Morgan fingerprint density at radius 2 is 1.73 bits per heavy atom. The number of carbonyl (C=O) groups is 1. The number of aromatic amines is 1. The van der Waals surface area contributed by atoms with E-state index in [1.54, 1.807) is 6.20 Å². The molecule has 1 saturated carbocycles. The molecule has 8 nitrogen and oxygen atoms in total. The fourth-order valence-electron chi connectivity index (χ4n) is 6.76. The second-order valence-corrected chi connectivity index (χ2v) is 11.3. The number of piperidine rings is 1. The first-order chi connectivity index (χ1) is 18.2. The molecule has 1 N–H and O–H groups in total. The molecule has 1 aromatic carbocycles. The lowest BCUT2D eigenvalue weighted by molar-refractivity contribution is -0.0925. The summed E-state index contributed by atoms with van der Waals surface area (Å²) >= 11 is 0. The third-order valence-electron chi connectivity index (χ3n) is 9.26. The van der Waals surface area contributed by atoms with Gasteiger partial charge >= 0.3 is 0 Å². The minimum absolute atomic E-state index is 0.514. The average Bonchev–Trinajstić information content (AvgIpc) is 3.35. The molecule has 0 bridgehead atoms. The zero-order chi connectivity index (χ0) is 24.8. The van der Waals surface area contributed by atoms with E-state index in [9.17, 15) is 4.79 Å². The van der Waals surface area contributed by atoms with Crippen molar-refractivity contribution in [3.8, 4) is 11.5 Å². The Labute approximate surface area is 217 Å². The van der Waals surface area contributed by atoms with Crippen LogP contribution in [0.1, 0.15) is 36.0 Å². The van der Waals surface area contributed by atoms with Gasteiger partial charge < -0.3 is 19.4 Å². The summed E-state index contributed by atoms with van der Waals surface area (Å²) in [6.45, 7) is 8.77. The van der Waals surface area contributed by atoms with Crippen LogP contribution in [0.25, 0.3) is 11.0 Å². The second kappa shape index (κ2) is 9.42. The van der Waals surface area contributed by atoms with Gasteiger partial charge in [-0.05, 0) is 55.4 Å². The van der Waals surface area contributed by atoms with Gasteiger partial charge in [0.05, 0.1) is 31.0 Å². The summed E-state index contributed by atoms with van der Waals surface area (Å²) in [5.41, 5.74) is 3.01. The number of rotatable bonds is 6. The molecule has 194 valence electrons. The summed E-state index contributed by atoms with van der Waals surface area (Å²) in [4.78, 5) is 27.0. The molecule has 0 amide bonds. The van der Waals surface area contributed by atoms with Crippen molar-refractivity contribution in [2.45, 2.75) is 37.8 Å². The van der Waals surface area contributed by atoms with E-state index in [2.05, 4.69) is 30.7 Å².